The predicted molar refractivity (Wildman–Crippen MR) is 68.4 cm³/mol. The zero-order valence-electron chi connectivity index (χ0n) is 11.1. The molecule has 2 rings (SSSR count). The van der Waals surface area contributed by atoms with Gasteiger partial charge in [0.25, 0.3) is 5.89 Å². The van der Waals surface area contributed by atoms with Crippen molar-refractivity contribution in [3.63, 3.8) is 0 Å². The lowest BCUT2D eigenvalue weighted by Crippen LogP contribution is -2.24. The fourth-order valence-corrected chi connectivity index (χ4v) is 1.64. The van der Waals surface area contributed by atoms with Crippen LogP contribution in [0.4, 0.5) is 0 Å². The number of hydrogen-bond donors (Lipinski definition) is 1. The van der Waals surface area contributed by atoms with Crippen molar-refractivity contribution in [2.45, 2.75) is 33.1 Å². The summed E-state index contributed by atoms with van der Waals surface area (Å²) in [5, 5.41) is 10.7. The minimum atomic E-state index is 0.00101. The summed E-state index contributed by atoms with van der Waals surface area (Å²) in [7, 11) is 0. The number of rotatable bonds is 6. The molecule has 19 heavy (non-hydrogen) atoms. The number of hydrogen-bond acceptors (Lipinski definition) is 5. The number of nitrogens with one attached hydrogen (secondary N) is 1. The van der Waals surface area contributed by atoms with Crippen molar-refractivity contribution < 1.29 is 13.6 Å². The maximum atomic E-state index is 11.4. The van der Waals surface area contributed by atoms with Crippen molar-refractivity contribution in [1.82, 2.24) is 15.5 Å². The molecule has 0 spiro atoms. The van der Waals surface area contributed by atoms with Crippen LogP contribution in [0.5, 0.6) is 0 Å². The van der Waals surface area contributed by atoms with E-state index in [1.807, 2.05) is 13.8 Å². The Hall–Kier alpha value is -2.11. The lowest BCUT2D eigenvalue weighted by Gasteiger charge is -2.00. The van der Waals surface area contributed by atoms with E-state index in [-0.39, 0.29) is 5.91 Å². The highest BCUT2D eigenvalue weighted by atomic mass is 16.4. The molecule has 1 amide bonds. The first kappa shape index (κ1) is 13.3. The molecule has 0 unspecified atom stereocenters. The molecule has 0 aliphatic carbocycles. The highest BCUT2D eigenvalue weighted by Crippen LogP contribution is 2.22. The SMILES string of the molecule is CCCNC(=O)CCc1nnc(-c2ccoc2C)o1. The van der Waals surface area contributed by atoms with Gasteiger partial charge in [0, 0.05) is 19.4 Å². The molecular weight excluding hydrogens is 246 g/mol. The van der Waals surface area contributed by atoms with Crippen LogP contribution in [0.3, 0.4) is 0 Å². The first-order valence-electron chi connectivity index (χ1n) is 6.34. The molecule has 0 fully saturated rings. The second-order valence-corrected chi connectivity index (χ2v) is 4.24. The first-order chi connectivity index (χ1) is 9.20. The van der Waals surface area contributed by atoms with E-state index in [4.69, 9.17) is 8.83 Å². The van der Waals surface area contributed by atoms with Gasteiger partial charge >= 0.3 is 0 Å². The maximum Gasteiger partial charge on any atom is 0.251 e. The second-order valence-electron chi connectivity index (χ2n) is 4.24. The summed E-state index contributed by atoms with van der Waals surface area (Å²) < 4.78 is 10.7. The predicted octanol–water partition coefficient (Wildman–Crippen LogP) is 2.10. The van der Waals surface area contributed by atoms with Crippen molar-refractivity contribution in [2.24, 2.45) is 0 Å². The molecule has 0 aliphatic heterocycles. The van der Waals surface area contributed by atoms with E-state index in [2.05, 4.69) is 15.5 Å². The largest absolute Gasteiger partial charge is 0.469 e. The highest BCUT2D eigenvalue weighted by molar-refractivity contribution is 5.75. The van der Waals surface area contributed by atoms with Crippen molar-refractivity contribution in [3.8, 4) is 11.5 Å². The summed E-state index contributed by atoms with van der Waals surface area (Å²) in [6, 6.07) is 1.78. The van der Waals surface area contributed by atoms with Crippen LogP contribution < -0.4 is 5.32 Å². The number of amides is 1. The van der Waals surface area contributed by atoms with E-state index in [9.17, 15) is 4.79 Å². The molecule has 0 saturated carbocycles. The fraction of sp³-hybridized carbons (Fsp3) is 0.462. The third-order valence-electron chi connectivity index (χ3n) is 2.69. The average molecular weight is 263 g/mol. The smallest absolute Gasteiger partial charge is 0.251 e. The Bertz CT molecular complexity index is 545. The van der Waals surface area contributed by atoms with E-state index < -0.39 is 0 Å². The standard InChI is InChI=1S/C13H17N3O3/c1-3-7-14-11(17)4-5-12-15-16-13(19-12)10-6-8-18-9(10)2/h6,8H,3-5,7H2,1-2H3,(H,14,17). The van der Waals surface area contributed by atoms with Crippen LogP contribution in [0.1, 0.15) is 31.4 Å². The van der Waals surface area contributed by atoms with Gasteiger partial charge in [-0.3, -0.25) is 4.79 Å². The molecule has 0 aromatic carbocycles. The van der Waals surface area contributed by atoms with Crippen LogP contribution in [-0.2, 0) is 11.2 Å². The van der Waals surface area contributed by atoms with Crippen LogP contribution in [-0.4, -0.2) is 22.6 Å². The number of aryl methyl sites for hydroxylation is 2. The van der Waals surface area contributed by atoms with E-state index in [1.54, 1.807) is 12.3 Å². The Labute approximate surface area is 111 Å². The number of carbonyl (C=O) groups excluding carboxylic acids is 1. The number of aromatic nitrogens is 2. The molecule has 6 nitrogen and oxygen atoms in total. The van der Waals surface area contributed by atoms with Gasteiger partial charge in [0.15, 0.2) is 0 Å². The Morgan fingerprint density at radius 1 is 1.42 bits per heavy atom. The van der Waals surface area contributed by atoms with Gasteiger partial charge in [-0.25, -0.2) is 0 Å². The van der Waals surface area contributed by atoms with E-state index >= 15 is 0 Å². The minimum Gasteiger partial charge on any atom is -0.469 e. The van der Waals surface area contributed by atoms with E-state index in [0.717, 1.165) is 17.7 Å². The molecule has 0 saturated heterocycles. The third kappa shape index (κ3) is 3.43. The Kier molecular flexibility index (Phi) is 4.33. The van der Waals surface area contributed by atoms with Crippen LogP contribution in [0.2, 0.25) is 0 Å². The Morgan fingerprint density at radius 2 is 2.26 bits per heavy atom. The monoisotopic (exact) mass is 263 g/mol. The third-order valence-corrected chi connectivity index (χ3v) is 2.69. The molecule has 6 heteroatoms. The molecule has 2 aromatic rings. The van der Waals surface area contributed by atoms with Gasteiger partial charge in [-0.05, 0) is 19.4 Å². The van der Waals surface area contributed by atoms with Gasteiger partial charge in [0.05, 0.1) is 11.8 Å². The van der Waals surface area contributed by atoms with Crippen molar-refractivity contribution in [1.29, 1.82) is 0 Å². The lowest BCUT2D eigenvalue weighted by molar-refractivity contribution is -0.121. The molecule has 0 bridgehead atoms. The zero-order valence-corrected chi connectivity index (χ0v) is 11.1. The summed E-state index contributed by atoms with van der Waals surface area (Å²) in [5.41, 5.74) is 0.786. The summed E-state index contributed by atoms with van der Waals surface area (Å²) in [6.45, 7) is 4.54. The molecule has 0 radical (unpaired) electrons. The van der Waals surface area contributed by atoms with Gasteiger partial charge in [-0.1, -0.05) is 6.92 Å². The van der Waals surface area contributed by atoms with Gasteiger partial charge < -0.3 is 14.2 Å². The van der Waals surface area contributed by atoms with Crippen LogP contribution in [0.25, 0.3) is 11.5 Å². The van der Waals surface area contributed by atoms with Gasteiger partial charge in [-0.15, -0.1) is 10.2 Å². The molecule has 2 heterocycles. The highest BCUT2D eigenvalue weighted by Gasteiger charge is 2.13. The molecule has 0 atom stereocenters. The summed E-state index contributed by atoms with van der Waals surface area (Å²) in [5.74, 6) is 1.62. The maximum absolute atomic E-state index is 11.4. The molecular formula is C13H17N3O3. The average Bonchev–Trinajstić information content (AvgIpc) is 3.02. The molecule has 1 N–H and O–H groups in total. The van der Waals surface area contributed by atoms with E-state index in [1.165, 1.54) is 0 Å². The van der Waals surface area contributed by atoms with Gasteiger partial charge in [0.1, 0.15) is 5.76 Å². The summed E-state index contributed by atoms with van der Waals surface area (Å²) >= 11 is 0. The number of carbonyl (C=O) groups is 1. The van der Waals surface area contributed by atoms with Gasteiger partial charge in [0.2, 0.25) is 11.8 Å². The Balaban J connectivity index is 1.91. The molecule has 2 aromatic heterocycles. The minimum absolute atomic E-state index is 0.00101. The lowest BCUT2D eigenvalue weighted by atomic mass is 10.2. The van der Waals surface area contributed by atoms with Crippen LogP contribution in [0.15, 0.2) is 21.2 Å². The topological polar surface area (TPSA) is 81.2 Å². The fourth-order valence-electron chi connectivity index (χ4n) is 1.64. The van der Waals surface area contributed by atoms with E-state index in [0.29, 0.717) is 31.2 Å². The first-order valence-corrected chi connectivity index (χ1v) is 6.34. The van der Waals surface area contributed by atoms with Crippen molar-refractivity contribution >= 4 is 5.91 Å². The summed E-state index contributed by atoms with van der Waals surface area (Å²) in [4.78, 5) is 11.4. The van der Waals surface area contributed by atoms with Gasteiger partial charge in [-0.2, -0.15) is 0 Å². The number of nitrogens with zero attached hydrogens (tertiary/aromatic N) is 2. The van der Waals surface area contributed by atoms with Crippen molar-refractivity contribution in [2.75, 3.05) is 6.54 Å². The Morgan fingerprint density at radius 3 is 2.95 bits per heavy atom. The van der Waals surface area contributed by atoms with Crippen LogP contribution in [0, 0.1) is 6.92 Å². The number of furan rings is 1. The van der Waals surface area contributed by atoms with Crippen molar-refractivity contribution in [3.05, 3.63) is 24.0 Å². The molecule has 0 aliphatic rings. The normalized spacial score (nSPS) is 10.6. The summed E-state index contributed by atoms with van der Waals surface area (Å²) in [6.07, 6.45) is 3.30. The molecule has 102 valence electrons. The zero-order chi connectivity index (χ0) is 13.7. The second kappa shape index (κ2) is 6.17. The van der Waals surface area contributed by atoms with Crippen LogP contribution >= 0.6 is 0 Å². The quantitative estimate of drug-likeness (QED) is 0.863.